The van der Waals surface area contributed by atoms with Gasteiger partial charge >= 0.3 is 5.97 Å². The van der Waals surface area contributed by atoms with Gasteiger partial charge in [0.15, 0.2) is 0 Å². The molecule has 0 spiro atoms. The minimum atomic E-state index is -0.538. The van der Waals surface area contributed by atoms with Gasteiger partial charge in [-0.15, -0.1) is 0 Å². The molecule has 1 saturated carbocycles. The number of aromatic nitrogens is 1. The maximum absolute atomic E-state index is 14.1. The average Bonchev–Trinajstić information content (AvgIpc) is 3.28. The van der Waals surface area contributed by atoms with Gasteiger partial charge in [0.1, 0.15) is 12.6 Å². The maximum atomic E-state index is 14.1. The van der Waals surface area contributed by atoms with Crippen molar-refractivity contribution in [2.24, 2.45) is 0 Å². The van der Waals surface area contributed by atoms with Gasteiger partial charge in [-0.2, -0.15) is 0 Å². The Morgan fingerprint density at radius 1 is 0.946 bits per heavy atom. The van der Waals surface area contributed by atoms with Crippen LogP contribution in [0.2, 0.25) is 0 Å². The van der Waals surface area contributed by atoms with Crippen molar-refractivity contribution in [1.82, 2.24) is 14.8 Å². The number of methoxy groups -OCH3 is 1. The number of hydrogen-bond acceptors (Lipinski definition) is 4. The first-order valence-corrected chi connectivity index (χ1v) is 13.5. The number of carbonyl (C=O) groups is 3. The van der Waals surface area contributed by atoms with Crippen molar-refractivity contribution in [3.05, 3.63) is 70.9 Å². The van der Waals surface area contributed by atoms with Gasteiger partial charge < -0.3 is 19.5 Å². The van der Waals surface area contributed by atoms with E-state index in [1.807, 2.05) is 35.2 Å². The molecule has 6 rings (SSSR count). The van der Waals surface area contributed by atoms with Gasteiger partial charge in [0.05, 0.1) is 18.7 Å². The van der Waals surface area contributed by atoms with Crippen LogP contribution in [0.1, 0.15) is 78.2 Å². The Labute approximate surface area is 216 Å². The fourth-order valence-electron chi connectivity index (χ4n) is 6.61. The third-order valence-corrected chi connectivity index (χ3v) is 8.46. The normalized spacial score (nSPS) is 22.8. The van der Waals surface area contributed by atoms with Crippen molar-refractivity contribution in [3.8, 4) is 0 Å². The maximum Gasteiger partial charge on any atom is 0.337 e. The van der Waals surface area contributed by atoms with Crippen LogP contribution in [0.5, 0.6) is 0 Å². The third kappa shape index (κ3) is 4.10. The number of ether oxygens (including phenoxy) is 1. The average molecular weight is 500 g/mol. The van der Waals surface area contributed by atoms with E-state index >= 15 is 0 Å². The zero-order chi connectivity index (χ0) is 25.5. The molecule has 192 valence electrons. The van der Waals surface area contributed by atoms with Crippen LogP contribution in [-0.4, -0.2) is 58.3 Å². The molecule has 7 heteroatoms. The van der Waals surface area contributed by atoms with Gasteiger partial charge in [0, 0.05) is 29.1 Å². The van der Waals surface area contributed by atoms with Crippen LogP contribution in [-0.2, 0) is 20.7 Å². The number of benzene rings is 2. The number of hydrogen-bond donors (Lipinski definition) is 1. The molecule has 1 N–H and O–H groups in total. The monoisotopic (exact) mass is 499 g/mol. The molecule has 3 aliphatic rings. The Morgan fingerprint density at radius 2 is 1.65 bits per heavy atom. The molecular weight excluding hydrogens is 466 g/mol. The summed E-state index contributed by atoms with van der Waals surface area (Å²) >= 11 is 0. The number of H-pyrrole nitrogens is 1. The van der Waals surface area contributed by atoms with Gasteiger partial charge in [-0.25, -0.2) is 4.79 Å². The van der Waals surface area contributed by atoms with Gasteiger partial charge in [-0.3, -0.25) is 9.59 Å². The minimum absolute atomic E-state index is 0.0157. The molecule has 2 aromatic carbocycles. The van der Waals surface area contributed by atoms with Crippen molar-refractivity contribution < 1.29 is 19.1 Å². The van der Waals surface area contributed by atoms with Crippen molar-refractivity contribution >= 4 is 28.7 Å². The standard InChI is InChI=1S/C30H33N3O4/c1-37-30(36)20-15-13-19(14-16-20)28-27-23(22-11-7-8-12-24(22)31-27)17-25-29(35)32(18-26(34)33(25)28)21-9-5-3-2-4-6-10-21/h7-8,11-16,21,25,28,31H,2-6,9-10,17-18H2,1H3/t25-,28-/m0/s1. The molecule has 2 amide bonds. The fourth-order valence-corrected chi connectivity index (χ4v) is 6.61. The second-order valence-corrected chi connectivity index (χ2v) is 10.6. The molecule has 0 unspecified atom stereocenters. The minimum Gasteiger partial charge on any atom is -0.465 e. The number of rotatable bonds is 3. The summed E-state index contributed by atoms with van der Waals surface area (Å²) < 4.78 is 4.86. The van der Waals surface area contributed by atoms with E-state index in [4.69, 9.17) is 4.74 Å². The number of piperazine rings is 1. The second-order valence-electron chi connectivity index (χ2n) is 10.6. The fraction of sp³-hybridized carbons (Fsp3) is 0.433. The third-order valence-electron chi connectivity index (χ3n) is 8.46. The molecule has 37 heavy (non-hydrogen) atoms. The van der Waals surface area contributed by atoms with E-state index in [1.54, 1.807) is 17.0 Å². The van der Waals surface area contributed by atoms with Crippen molar-refractivity contribution in [2.45, 2.75) is 69.5 Å². The molecule has 0 radical (unpaired) electrons. The lowest BCUT2D eigenvalue weighted by molar-refractivity contribution is -0.161. The van der Waals surface area contributed by atoms with Gasteiger partial charge in [0.25, 0.3) is 0 Å². The van der Waals surface area contributed by atoms with Crippen molar-refractivity contribution in [3.63, 3.8) is 0 Å². The molecule has 3 heterocycles. The van der Waals surface area contributed by atoms with Crippen LogP contribution in [0.3, 0.4) is 0 Å². The number of amides is 2. The number of fused-ring (bicyclic) bond motifs is 4. The summed E-state index contributed by atoms with van der Waals surface area (Å²) in [7, 11) is 1.36. The summed E-state index contributed by atoms with van der Waals surface area (Å²) in [6, 6.07) is 14.5. The Hall–Kier alpha value is -3.61. The quantitative estimate of drug-likeness (QED) is 0.527. The molecule has 1 aromatic heterocycles. The molecule has 7 nitrogen and oxygen atoms in total. The van der Waals surface area contributed by atoms with Gasteiger partial charge in [-0.05, 0) is 42.2 Å². The molecule has 2 fully saturated rings. The molecule has 0 bridgehead atoms. The highest BCUT2D eigenvalue weighted by molar-refractivity contribution is 5.98. The van der Waals surface area contributed by atoms with Gasteiger partial charge in [0.2, 0.25) is 11.8 Å². The predicted molar refractivity (Wildman–Crippen MR) is 140 cm³/mol. The van der Waals surface area contributed by atoms with E-state index in [1.165, 1.54) is 26.4 Å². The van der Waals surface area contributed by atoms with E-state index in [9.17, 15) is 14.4 Å². The van der Waals surface area contributed by atoms with Crippen LogP contribution in [0.4, 0.5) is 0 Å². The lowest BCUT2D eigenvalue weighted by atomic mass is 9.85. The smallest absolute Gasteiger partial charge is 0.337 e. The number of nitrogens with one attached hydrogen (secondary N) is 1. The van der Waals surface area contributed by atoms with E-state index in [0.717, 1.165) is 53.4 Å². The Kier molecular flexibility index (Phi) is 6.22. The van der Waals surface area contributed by atoms with Crippen LogP contribution in [0.25, 0.3) is 10.9 Å². The van der Waals surface area contributed by atoms with Crippen LogP contribution in [0.15, 0.2) is 48.5 Å². The number of aromatic amines is 1. The summed E-state index contributed by atoms with van der Waals surface area (Å²) in [6.45, 7) is 0.131. The van der Waals surface area contributed by atoms with E-state index in [-0.39, 0.29) is 24.4 Å². The highest BCUT2D eigenvalue weighted by atomic mass is 16.5. The largest absolute Gasteiger partial charge is 0.465 e. The number of nitrogens with zero attached hydrogens (tertiary/aromatic N) is 2. The summed E-state index contributed by atoms with van der Waals surface area (Å²) in [4.78, 5) is 47.2. The first-order valence-electron chi connectivity index (χ1n) is 13.5. The SMILES string of the molecule is COC(=O)c1ccc([C@H]2c3[nH]c4ccccc4c3C[C@H]3C(=O)N(C4CCCCCCC4)CC(=O)N23)cc1. The zero-order valence-corrected chi connectivity index (χ0v) is 21.2. The molecule has 3 aromatic rings. The molecule has 1 saturated heterocycles. The highest BCUT2D eigenvalue weighted by Crippen LogP contribution is 2.43. The van der Waals surface area contributed by atoms with Crippen molar-refractivity contribution in [2.75, 3.05) is 13.7 Å². The molecule has 2 aliphatic heterocycles. The molecular formula is C30H33N3O4. The highest BCUT2D eigenvalue weighted by Gasteiger charge is 2.49. The second kappa shape index (κ2) is 9.69. The molecule has 2 atom stereocenters. The Morgan fingerprint density at radius 3 is 2.38 bits per heavy atom. The lowest BCUT2D eigenvalue weighted by Crippen LogP contribution is -2.64. The van der Waals surface area contributed by atoms with Crippen LogP contribution >= 0.6 is 0 Å². The van der Waals surface area contributed by atoms with Crippen molar-refractivity contribution in [1.29, 1.82) is 0 Å². The topological polar surface area (TPSA) is 82.7 Å². The number of carbonyl (C=O) groups excluding carboxylic acids is 3. The zero-order valence-electron chi connectivity index (χ0n) is 21.2. The Bertz CT molecular complexity index is 1340. The van der Waals surface area contributed by atoms with Crippen LogP contribution in [0, 0.1) is 0 Å². The van der Waals surface area contributed by atoms with Crippen LogP contribution < -0.4 is 0 Å². The summed E-state index contributed by atoms with van der Waals surface area (Å²) in [6.07, 6.45) is 8.33. The van der Waals surface area contributed by atoms with E-state index in [0.29, 0.717) is 12.0 Å². The molecule has 1 aliphatic carbocycles. The summed E-state index contributed by atoms with van der Waals surface area (Å²) in [5.41, 5.74) is 4.36. The lowest BCUT2D eigenvalue weighted by Gasteiger charge is -2.49. The van der Waals surface area contributed by atoms with E-state index in [2.05, 4.69) is 11.1 Å². The summed E-state index contributed by atoms with van der Waals surface area (Å²) in [5.74, 6) is -0.353. The number of para-hydroxylation sites is 1. The first-order chi connectivity index (χ1) is 18.1. The Balaban J connectivity index is 1.42. The predicted octanol–water partition coefficient (Wildman–Crippen LogP) is 4.75. The first kappa shape index (κ1) is 23.8. The summed E-state index contributed by atoms with van der Waals surface area (Å²) in [5, 5.41) is 1.09. The number of esters is 1. The van der Waals surface area contributed by atoms with Gasteiger partial charge in [-0.1, -0.05) is 62.4 Å². The van der Waals surface area contributed by atoms with E-state index < -0.39 is 18.1 Å².